The fourth-order valence-corrected chi connectivity index (χ4v) is 3.35. The maximum atomic E-state index is 12.9. The first-order valence-corrected chi connectivity index (χ1v) is 8.30. The third-order valence-electron chi connectivity index (χ3n) is 3.57. The summed E-state index contributed by atoms with van der Waals surface area (Å²) in [5, 5.41) is 6.17. The molecule has 3 rings (SSSR count). The van der Waals surface area contributed by atoms with Crippen LogP contribution in [0.2, 0.25) is 0 Å². The van der Waals surface area contributed by atoms with Crippen molar-refractivity contribution < 1.29 is 4.39 Å². The summed E-state index contributed by atoms with van der Waals surface area (Å²) in [6.07, 6.45) is 3.38. The molecule has 1 aromatic carbocycles. The summed E-state index contributed by atoms with van der Waals surface area (Å²) < 4.78 is 14.7. The molecule has 0 saturated heterocycles. The van der Waals surface area contributed by atoms with Gasteiger partial charge in [0.05, 0.1) is 11.6 Å². The Morgan fingerprint density at radius 3 is 2.78 bits per heavy atom. The number of aromatic nitrogens is 4. The highest BCUT2D eigenvalue weighted by atomic mass is 32.2. The molecule has 0 aliphatic heterocycles. The highest BCUT2D eigenvalue weighted by Crippen LogP contribution is 2.23. The molecule has 0 saturated carbocycles. The SMILES string of the molecule is CN(CCSc1ncnc2c1cnn2C)Cc1ccc(F)cc1. The molecular formula is C16H18FN5S. The molecule has 0 aliphatic rings. The Bertz CT molecular complexity index is 787. The standard InChI is InChI=1S/C16H18FN5S/c1-21(10-12-3-5-13(17)6-4-12)7-8-23-16-14-9-20-22(2)15(14)18-11-19-16/h3-6,9,11H,7-8,10H2,1-2H3. The van der Waals surface area contributed by atoms with Crippen molar-refractivity contribution in [3.8, 4) is 0 Å². The summed E-state index contributed by atoms with van der Waals surface area (Å²) in [6.45, 7) is 1.71. The number of benzene rings is 1. The third kappa shape index (κ3) is 3.86. The minimum absolute atomic E-state index is 0.198. The van der Waals surface area contributed by atoms with Crippen molar-refractivity contribution in [2.24, 2.45) is 7.05 Å². The molecule has 23 heavy (non-hydrogen) atoms. The molecule has 7 heteroatoms. The minimum atomic E-state index is -0.198. The molecule has 2 heterocycles. The fraction of sp³-hybridized carbons (Fsp3) is 0.312. The number of aryl methyl sites for hydroxylation is 1. The van der Waals surface area contributed by atoms with Crippen LogP contribution in [0.4, 0.5) is 4.39 Å². The maximum Gasteiger partial charge on any atom is 0.162 e. The number of halogens is 1. The van der Waals surface area contributed by atoms with Gasteiger partial charge in [0.25, 0.3) is 0 Å². The largest absolute Gasteiger partial charge is 0.301 e. The van der Waals surface area contributed by atoms with Gasteiger partial charge in [0.1, 0.15) is 17.2 Å². The highest BCUT2D eigenvalue weighted by molar-refractivity contribution is 7.99. The quantitative estimate of drug-likeness (QED) is 0.513. The second-order valence-electron chi connectivity index (χ2n) is 5.40. The van der Waals surface area contributed by atoms with E-state index >= 15 is 0 Å². The van der Waals surface area contributed by atoms with Gasteiger partial charge >= 0.3 is 0 Å². The molecule has 0 bridgehead atoms. The lowest BCUT2D eigenvalue weighted by Gasteiger charge is -2.16. The maximum absolute atomic E-state index is 12.9. The van der Waals surface area contributed by atoms with Crippen LogP contribution in [0, 0.1) is 5.82 Å². The van der Waals surface area contributed by atoms with E-state index in [1.807, 2.05) is 19.2 Å². The Balaban J connectivity index is 1.55. The van der Waals surface area contributed by atoms with Gasteiger partial charge in [-0.25, -0.2) is 14.4 Å². The van der Waals surface area contributed by atoms with Crippen molar-refractivity contribution in [3.63, 3.8) is 0 Å². The fourth-order valence-electron chi connectivity index (χ4n) is 2.33. The van der Waals surface area contributed by atoms with Crippen molar-refractivity contribution in [3.05, 3.63) is 48.2 Å². The molecular weight excluding hydrogens is 313 g/mol. The molecule has 0 radical (unpaired) electrons. The minimum Gasteiger partial charge on any atom is -0.301 e. The second-order valence-corrected chi connectivity index (χ2v) is 6.48. The van der Waals surface area contributed by atoms with Crippen molar-refractivity contribution in [2.75, 3.05) is 19.3 Å². The number of rotatable bonds is 6. The van der Waals surface area contributed by atoms with Crippen LogP contribution in [-0.2, 0) is 13.6 Å². The van der Waals surface area contributed by atoms with Gasteiger partial charge in [0.2, 0.25) is 0 Å². The summed E-state index contributed by atoms with van der Waals surface area (Å²) in [5.41, 5.74) is 1.96. The van der Waals surface area contributed by atoms with Crippen LogP contribution in [-0.4, -0.2) is 44.0 Å². The molecule has 0 amide bonds. The predicted octanol–water partition coefficient (Wildman–Crippen LogP) is 2.73. The lowest BCUT2D eigenvalue weighted by molar-refractivity contribution is 0.348. The van der Waals surface area contributed by atoms with Crippen molar-refractivity contribution in [1.82, 2.24) is 24.6 Å². The molecule has 0 fully saturated rings. The Morgan fingerprint density at radius 2 is 2.00 bits per heavy atom. The molecule has 120 valence electrons. The average molecular weight is 331 g/mol. The van der Waals surface area contributed by atoms with Crippen LogP contribution in [0.3, 0.4) is 0 Å². The number of nitrogens with zero attached hydrogens (tertiary/aromatic N) is 5. The Hall–Kier alpha value is -1.99. The van der Waals surface area contributed by atoms with Crippen LogP contribution in [0.15, 0.2) is 41.8 Å². The summed E-state index contributed by atoms with van der Waals surface area (Å²) in [5.74, 6) is 0.717. The normalized spacial score (nSPS) is 11.5. The molecule has 3 aromatic rings. The number of hydrogen-bond donors (Lipinski definition) is 0. The summed E-state index contributed by atoms with van der Waals surface area (Å²) in [4.78, 5) is 10.8. The van der Waals surface area contributed by atoms with Crippen LogP contribution < -0.4 is 0 Å². The molecule has 0 atom stereocenters. The van der Waals surface area contributed by atoms with E-state index in [1.54, 1.807) is 29.0 Å². The average Bonchev–Trinajstić information content (AvgIpc) is 2.92. The van der Waals surface area contributed by atoms with Crippen LogP contribution in [0.1, 0.15) is 5.56 Å². The third-order valence-corrected chi connectivity index (χ3v) is 4.56. The monoisotopic (exact) mass is 331 g/mol. The van der Waals surface area contributed by atoms with Crippen LogP contribution in [0.5, 0.6) is 0 Å². The van der Waals surface area contributed by atoms with E-state index in [-0.39, 0.29) is 5.82 Å². The van der Waals surface area contributed by atoms with Gasteiger partial charge in [0.15, 0.2) is 5.65 Å². The number of thioether (sulfide) groups is 1. The van der Waals surface area contributed by atoms with Gasteiger partial charge in [-0.15, -0.1) is 11.8 Å². The zero-order valence-electron chi connectivity index (χ0n) is 13.1. The van der Waals surface area contributed by atoms with Crippen molar-refractivity contribution in [2.45, 2.75) is 11.6 Å². The Morgan fingerprint density at radius 1 is 1.22 bits per heavy atom. The summed E-state index contributed by atoms with van der Waals surface area (Å²) in [6, 6.07) is 6.64. The molecule has 5 nitrogen and oxygen atoms in total. The zero-order chi connectivity index (χ0) is 16.2. The molecule has 0 unspecified atom stereocenters. The predicted molar refractivity (Wildman–Crippen MR) is 89.8 cm³/mol. The van der Waals surface area contributed by atoms with Gasteiger partial charge in [-0.1, -0.05) is 12.1 Å². The topological polar surface area (TPSA) is 46.8 Å². The Kier molecular flexibility index (Phi) is 4.88. The highest BCUT2D eigenvalue weighted by Gasteiger charge is 2.09. The van der Waals surface area contributed by atoms with E-state index in [0.717, 1.165) is 40.5 Å². The van der Waals surface area contributed by atoms with E-state index in [1.165, 1.54) is 12.1 Å². The van der Waals surface area contributed by atoms with Crippen molar-refractivity contribution in [1.29, 1.82) is 0 Å². The number of fused-ring (bicyclic) bond motifs is 1. The van der Waals surface area contributed by atoms with E-state index in [4.69, 9.17) is 0 Å². The smallest absolute Gasteiger partial charge is 0.162 e. The summed E-state index contributed by atoms with van der Waals surface area (Å²) >= 11 is 1.70. The molecule has 2 aromatic heterocycles. The molecule has 0 spiro atoms. The van der Waals surface area contributed by atoms with Crippen LogP contribution in [0.25, 0.3) is 11.0 Å². The van der Waals surface area contributed by atoms with E-state index in [9.17, 15) is 4.39 Å². The first kappa shape index (κ1) is 15.9. The molecule has 0 N–H and O–H groups in total. The van der Waals surface area contributed by atoms with Gasteiger partial charge in [-0.2, -0.15) is 5.10 Å². The van der Waals surface area contributed by atoms with E-state index in [2.05, 4.69) is 27.0 Å². The Labute approximate surface area is 138 Å². The second kappa shape index (κ2) is 7.06. The zero-order valence-corrected chi connectivity index (χ0v) is 13.9. The van der Waals surface area contributed by atoms with E-state index < -0.39 is 0 Å². The first-order chi connectivity index (χ1) is 11.1. The summed E-state index contributed by atoms with van der Waals surface area (Å²) in [7, 11) is 3.93. The van der Waals surface area contributed by atoms with Gasteiger partial charge < -0.3 is 4.90 Å². The first-order valence-electron chi connectivity index (χ1n) is 7.32. The van der Waals surface area contributed by atoms with Gasteiger partial charge in [-0.3, -0.25) is 4.68 Å². The van der Waals surface area contributed by atoms with Gasteiger partial charge in [0, 0.05) is 25.9 Å². The lowest BCUT2D eigenvalue weighted by Crippen LogP contribution is -2.20. The number of hydrogen-bond acceptors (Lipinski definition) is 5. The van der Waals surface area contributed by atoms with Crippen LogP contribution >= 0.6 is 11.8 Å². The van der Waals surface area contributed by atoms with Gasteiger partial charge in [-0.05, 0) is 24.7 Å². The van der Waals surface area contributed by atoms with Crippen molar-refractivity contribution >= 4 is 22.8 Å². The lowest BCUT2D eigenvalue weighted by atomic mass is 10.2. The van der Waals surface area contributed by atoms with E-state index in [0.29, 0.717) is 0 Å². The molecule has 0 aliphatic carbocycles.